The number of hydrogen-bond acceptors (Lipinski definition) is 2. The van der Waals surface area contributed by atoms with Crippen LogP contribution in [0.2, 0.25) is 0 Å². The molecule has 1 aromatic carbocycles. The Hall–Kier alpha value is -1.81. The van der Waals surface area contributed by atoms with Crippen LogP contribution < -0.4 is 5.32 Å². The lowest BCUT2D eigenvalue weighted by Gasteiger charge is -2.07. The lowest BCUT2D eigenvalue weighted by atomic mass is 10.1. The minimum Gasteiger partial charge on any atom is -0.392 e. The number of rotatable bonds is 5. The fourth-order valence-corrected chi connectivity index (χ4v) is 2.35. The van der Waals surface area contributed by atoms with Crippen LogP contribution in [0.4, 0.5) is 0 Å². The highest BCUT2D eigenvalue weighted by Crippen LogP contribution is 2.27. The number of aliphatic hydroxyl groups excluding tert-OH is 1. The Labute approximate surface area is 112 Å². The number of nitrogens with zero attached hydrogens (tertiary/aromatic N) is 1. The van der Waals surface area contributed by atoms with Crippen molar-refractivity contribution < 1.29 is 9.90 Å². The smallest absolute Gasteiger partial charge is 0.239 e. The molecule has 100 valence electrons. The highest BCUT2D eigenvalue weighted by atomic mass is 16.3. The van der Waals surface area contributed by atoms with E-state index in [0.29, 0.717) is 12.5 Å². The van der Waals surface area contributed by atoms with E-state index < -0.39 is 0 Å². The molecule has 0 radical (unpaired) electrons. The Kier molecular flexibility index (Phi) is 3.25. The molecule has 1 aromatic heterocycles. The second-order valence-corrected chi connectivity index (χ2v) is 5.20. The van der Waals surface area contributed by atoms with Crippen LogP contribution in [0.15, 0.2) is 30.5 Å². The maximum atomic E-state index is 11.9. The quantitative estimate of drug-likeness (QED) is 0.857. The summed E-state index contributed by atoms with van der Waals surface area (Å²) in [6, 6.07) is 7.74. The van der Waals surface area contributed by atoms with Gasteiger partial charge in [-0.25, -0.2) is 0 Å². The second-order valence-electron chi connectivity index (χ2n) is 5.20. The maximum absolute atomic E-state index is 11.9. The van der Waals surface area contributed by atoms with Crippen molar-refractivity contribution in [3.8, 4) is 0 Å². The summed E-state index contributed by atoms with van der Waals surface area (Å²) in [6.45, 7) is 1.17. The third-order valence-electron chi connectivity index (χ3n) is 3.67. The van der Waals surface area contributed by atoms with E-state index in [1.54, 1.807) is 0 Å². The van der Waals surface area contributed by atoms with E-state index in [-0.39, 0.29) is 12.5 Å². The molecule has 0 unspecified atom stereocenters. The Morgan fingerprint density at radius 3 is 2.95 bits per heavy atom. The second kappa shape index (κ2) is 5.05. The van der Waals surface area contributed by atoms with Crippen LogP contribution in [-0.4, -0.2) is 22.1 Å². The third-order valence-corrected chi connectivity index (χ3v) is 3.67. The van der Waals surface area contributed by atoms with Crippen molar-refractivity contribution in [3.63, 3.8) is 0 Å². The van der Waals surface area contributed by atoms with Crippen molar-refractivity contribution in [1.29, 1.82) is 0 Å². The average Bonchev–Trinajstić information content (AvgIpc) is 3.18. The molecule has 1 saturated carbocycles. The standard InChI is InChI=1S/C15H18N2O2/c18-10-12-2-1-3-14-13(12)6-7-17(14)9-15(19)16-8-11-4-5-11/h1-3,6-7,11,18H,4-5,8-10H2,(H,16,19). The lowest BCUT2D eigenvalue weighted by Crippen LogP contribution is -2.29. The fraction of sp³-hybridized carbons (Fsp3) is 0.400. The monoisotopic (exact) mass is 258 g/mol. The molecule has 1 fully saturated rings. The molecule has 2 N–H and O–H groups in total. The molecule has 0 saturated heterocycles. The van der Waals surface area contributed by atoms with Gasteiger partial charge in [-0.15, -0.1) is 0 Å². The van der Waals surface area contributed by atoms with Gasteiger partial charge in [-0.3, -0.25) is 4.79 Å². The molecule has 1 heterocycles. The molecule has 4 nitrogen and oxygen atoms in total. The summed E-state index contributed by atoms with van der Waals surface area (Å²) in [5.74, 6) is 0.755. The zero-order valence-electron chi connectivity index (χ0n) is 10.8. The predicted octanol–water partition coefficient (Wildman–Crippen LogP) is 1.66. The van der Waals surface area contributed by atoms with Crippen LogP contribution in [0.5, 0.6) is 0 Å². The minimum atomic E-state index is 0.0230. The van der Waals surface area contributed by atoms with Crippen molar-refractivity contribution in [3.05, 3.63) is 36.0 Å². The van der Waals surface area contributed by atoms with Crippen molar-refractivity contribution in [2.45, 2.75) is 26.0 Å². The molecule has 0 spiro atoms. The van der Waals surface area contributed by atoms with E-state index in [4.69, 9.17) is 0 Å². The number of aliphatic hydroxyl groups is 1. The van der Waals surface area contributed by atoms with Crippen LogP contribution in [0.1, 0.15) is 18.4 Å². The van der Waals surface area contributed by atoms with Gasteiger partial charge in [0.05, 0.1) is 6.61 Å². The molecule has 1 amide bonds. The van der Waals surface area contributed by atoms with Gasteiger partial charge < -0.3 is 15.0 Å². The number of nitrogens with one attached hydrogen (secondary N) is 1. The Morgan fingerprint density at radius 2 is 2.21 bits per heavy atom. The van der Waals surface area contributed by atoms with Crippen molar-refractivity contribution in [1.82, 2.24) is 9.88 Å². The number of amides is 1. The van der Waals surface area contributed by atoms with E-state index >= 15 is 0 Å². The topological polar surface area (TPSA) is 54.3 Å². The summed E-state index contributed by atoms with van der Waals surface area (Å²) in [4.78, 5) is 11.9. The van der Waals surface area contributed by atoms with Crippen LogP contribution >= 0.6 is 0 Å². The van der Waals surface area contributed by atoms with Gasteiger partial charge in [0.15, 0.2) is 0 Å². The fourth-order valence-electron chi connectivity index (χ4n) is 2.35. The first kappa shape index (κ1) is 12.2. The molecule has 19 heavy (non-hydrogen) atoms. The largest absolute Gasteiger partial charge is 0.392 e. The number of hydrogen-bond donors (Lipinski definition) is 2. The predicted molar refractivity (Wildman–Crippen MR) is 73.6 cm³/mol. The summed E-state index contributed by atoms with van der Waals surface area (Å²) in [6.07, 6.45) is 4.39. The van der Waals surface area contributed by atoms with Crippen molar-refractivity contribution in [2.24, 2.45) is 5.92 Å². The van der Waals surface area contributed by atoms with E-state index in [0.717, 1.165) is 23.0 Å². The van der Waals surface area contributed by atoms with Gasteiger partial charge >= 0.3 is 0 Å². The summed E-state index contributed by atoms with van der Waals surface area (Å²) in [7, 11) is 0. The Bertz CT molecular complexity index is 599. The average molecular weight is 258 g/mol. The number of carbonyl (C=O) groups excluding carboxylic acids is 1. The summed E-state index contributed by atoms with van der Waals surface area (Å²) >= 11 is 0. The number of benzene rings is 1. The SMILES string of the molecule is O=C(Cn1ccc2c(CO)cccc21)NCC1CC1. The first-order chi connectivity index (χ1) is 9.28. The van der Waals surface area contributed by atoms with Crippen LogP contribution in [-0.2, 0) is 17.9 Å². The molecule has 0 atom stereocenters. The molecule has 1 aliphatic carbocycles. The molecule has 4 heteroatoms. The number of fused-ring (bicyclic) bond motifs is 1. The highest BCUT2D eigenvalue weighted by molar-refractivity contribution is 5.85. The van der Waals surface area contributed by atoms with Gasteiger partial charge in [-0.05, 0) is 36.5 Å². The van der Waals surface area contributed by atoms with Crippen LogP contribution in [0, 0.1) is 5.92 Å². The summed E-state index contributed by atoms with van der Waals surface area (Å²) < 4.78 is 1.93. The van der Waals surface area contributed by atoms with E-state index in [1.807, 2.05) is 35.0 Å². The molecular formula is C15H18N2O2. The van der Waals surface area contributed by atoms with Crippen molar-refractivity contribution >= 4 is 16.8 Å². The molecule has 3 rings (SSSR count). The molecule has 2 aromatic rings. The molecule has 1 aliphatic rings. The molecule has 0 aliphatic heterocycles. The zero-order valence-corrected chi connectivity index (χ0v) is 10.8. The highest BCUT2D eigenvalue weighted by Gasteiger charge is 2.21. The van der Waals surface area contributed by atoms with Gasteiger partial charge in [0.25, 0.3) is 0 Å². The van der Waals surface area contributed by atoms with Crippen LogP contribution in [0.25, 0.3) is 10.9 Å². The van der Waals surface area contributed by atoms with Gasteiger partial charge in [-0.2, -0.15) is 0 Å². The normalized spacial score (nSPS) is 14.8. The minimum absolute atomic E-state index is 0.0230. The Morgan fingerprint density at radius 1 is 1.37 bits per heavy atom. The van der Waals surface area contributed by atoms with Gasteiger partial charge in [-0.1, -0.05) is 12.1 Å². The van der Waals surface area contributed by atoms with E-state index in [2.05, 4.69) is 5.32 Å². The van der Waals surface area contributed by atoms with E-state index in [1.165, 1.54) is 12.8 Å². The number of aromatic nitrogens is 1. The first-order valence-electron chi connectivity index (χ1n) is 6.72. The van der Waals surface area contributed by atoms with Gasteiger partial charge in [0.1, 0.15) is 6.54 Å². The van der Waals surface area contributed by atoms with Gasteiger partial charge in [0, 0.05) is 23.6 Å². The van der Waals surface area contributed by atoms with E-state index in [9.17, 15) is 9.90 Å². The Balaban J connectivity index is 1.75. The van der Waals surface area contributed by atoms with Crippen LogP contribution in [0.3, 0.4) is 0 Å². The van der Waals surface area contributed by atoms with Crippen molar-refractivity contribution in [2.75, 3.05) is 6.54 Å². The zero-order chi connectivity index (χ0) is 13.2. The first-order valence-corrected chi connectivity index (χ1v) is 6.72. The maximum Gasteiger partial charge on any atom is 0.239 e. The summed E-state index contributed by atoms with van der Waals surface area (Å²) in [5.41, 5.74) is 1.89. The summed E-state index contributed by atoms with van der Waals surface area (Å²) in [5, 5.41) is 13.3. The lowest BCUT2D eigenvalue weighted by molar-refractivity contribution is -0.121. The number of carbonyl (C=O) groups is 1. The molecule has 0 bridgehead atoms. The third kappa shape index (κ3) is 2.63. The molecular weight excluding hydrogens is 240 g/mol. The van der Waals surface area contributed by atoms with Gasteiger partial charge in [0.2, 0.25) is 5.91 Å².